The van der Waals surface area contributed by atoms with E-state index in [9.17, 15) is 9.18 Å². The minimum atomic E-state index is -1.36. The van der Waals surface area contributed by atoms with Crippen LogP contribution in [0.2, 0.25) is 0 Å². The van der Waals surface area contributed by atoms with Crippen LogP contribution in [0.4, 0.5) is 14.6 Å². The molecule has 3 aromatic heterocycles. The molecule has 2 saturated heterocycles. The fourth-order valence-corrected chi connectivity index (χ4v) is 5.49. The highest BCUT2D eigenvalue weighted by molar-refractivity contribution is 5.94. The lowest BCUT2D eigenvalue weighted by Crippen LogP contribution is -2.64. The number of hydrogen-bond donors (Lipinski definition) is 2. The summed E-state index contributed by atoms with van der Waals surface area (Å²) in [5.41, 5.74) is 1.52. The first-order chi connectivity index (χ1) is 17.3. The Morgan fingerprint density at radius 2 is 2.00 bits per heavy atom. The van der Waals surface area contributed by atoms with Gasteiger partial charge in [-0.25, -0.2) is 13.8 Å². The summed E-state index contributed by atoms with van der Waals surface area (Å²) >= 11 is 0. The lowest BCUT2D eigenvalue weighted by atomic mass is 9.68. The topological polar surface area (TPSA) is 98.3 Å². The molecular formula is C26H27F2N5O3. The lowest BCUT2D eigenvalue weighted by molar-refractivity contribution is -0.193. The third-order valence-electron chi connectivity index (χ3n) is 7.72. The Kier molecular flexibility index (Phi) is 5.60. The summed E-state index contributed by atoms with van der Waals surface area (Å²) in [6, 6.07) is 7.25. The SMILES string of the molecule is Cc1ccc2ncc(F)c(CC(F)C34CCC(NCc5ccc6c(n5)NC(=O)CO6)(CC3)CO4)c2n1. The molecule has 1 saturated carbocycles. The van der Waals surface area contributed by atoms with E-state index in [4.69, 9.17) is 9.47 Å². The Balaban J connectivity index is 1.13. The van der Waals surface area contributed by atoms with Gasteiger partial charge in [-0.3, -0.25) is 14.8 Å². The fraction of sp³-hybridized carbons (Fsp3) is 0.462. The molecule has 2 N–H and O–H groups in total. The van der Waals surface area contributed by atoms with E-state index in [1.165, 1.54) is 0 Å². The van der Waals surface area contributed by atoms with E-state index in [1.807, 2.05) is 19.1 Å². The smallest absolute Gasteiger partial charge is 0.263 e. The minimum absolute atomic E-state index is 0.00970. The van der Waals surface area contributed by atoms with E-state index in [1.54, 1.807) is 12.1 Å². The quantitative estimate of drug-likeness (QED) is 0.540. The highest BCUT2D eigenvalue weighted by Crippen LogP contribution is 2.47. The number of hydrogen-bond acceptors (Lipinski definition) is 7. The van der Waals surface area contributed by atoms with Crippen molar-refractivity contribution in [2.45, 2.75) is 62.9 Å². The maximum absolute atomic E-state index is 15.8. The van der Waals surface area contributed by atoms with E-state index in [2.05, 4.69) is 25.6 Å². The molecule has 3 fully saturated rings. The van der Waals surface area contributed by atoms with Crippen molar-refractivity contribution in [2.75, 3.05) is 18.5 Å². The molecule has 2 bridgehead atoms. The molecule has 8 nitrogen and oxygen atoms in total. The standard InChI is InChI=1S/C26H27F2N5O3/c1-15-2-4-19-23(31-15)17(18(27)12-29-19)10-21(28)26-8-6-25(7-9-26,14-36-26)30-11-16-3-5-20-24(32-16)33-22(34)13-35-20/h2-5,12,21,30H,6-11,13-14H2,1H3,(H,32,33,34). The van der Waals surface area contributed by atoms with Crippen LogP contribution in [0.25, 0.3) is 11.0 Å². The van der Waals surface area contributed by atoms with Crippen LogP contribution in [0.15, 0.2) is 30.5 Å². The van der Waals surface area contributed by atoms with Gasteiger partial charge in [0, 0.05) is 29.8 Å². The van der Waals surface area contributed by atoms with E-state index in [0.29, 0.717) is 48.6 Å². The minimum Gasteiger partial charge on any atom is -0.480 e. The number of aryl methyl sites for hydroxylation is 1. The molecule has 36 heavy (non-hydrogen) atoms. The molecule has 10 heteroatoms. The lowest BCUT2D eigenvalue weighted by Gasteiger charge is -2.54. The zero-order valence-electron chi connectivity index (χ0n) is 19.9. The first kappa shape index (κ1) is 23.2. The fourth-order valence-electron chi connectivity index (χ4n) is 5.49. The number of pyridine rings is 3. The molecule has 0 aromatic carbocycles. The van der Waals surface area contributed by atoms with E-state index in [0.717, 1.165) is 30.4 Å². The summed E-state index contributed by atoms with van der Waals surface area (Å²) in [7, 11) is 0. The van der Waals surface area contributed by atoms with E-state index >= 15 is 4.39 Å². The molecule has 188 valence electrons. The molecule has 3 aliphatic heterocycles. The van der Waals surface area contributed by atoms with Crippen molar-refractivity contribution in [1.29, 1.82) is 0 Å². The Morgan fingerprint density at radius 3 is 2.78 bits per heavy atom. The number of anilines is 1. The second kappa shape index (κ2) is 8.70. The monoisotopic (exact) mass is 495 g/mol. The van der Waals surface area contributed by atoms with Crippen LogP contribution in [0.3, 0.4) is 0 Å². The molecule has 1 aliphatic carbocycles. The molecular weight excluding hydrogens is 468 g/mol. The van der Waals surface area contributed by atoms with Crippen LogP contribution in [-0.4, -0.2) is 51.4 Å². The average molecular weight is 496 g/mol. The van der Waals surface area contributed by atoms with Gasteiger partial charge in [-0.1, -0.05) is 0 Å². The molecule has 1 unspecified atom stereocenters. The highest BCUT2D eigenvalue weighted by Gasteiger charge is 2.53. The number of fused-ring (bicyclic) bond motifs is 5. The Labute approximate surface area is 206 Å². The molecule has 6 heterocycles. The van der Waals surface area contributed by atoms with Crippen molar-refractivity contribution >= 4 is 22.8 Å². The Morgan fingerprint density at radius 1 is 1.17 bits per heavy atom. The third kappa shape index (κ3) is 4.08. The number of nitrogens with zero attached hydrogens (tertiary/aromatic N) is 3. The van der Waals surface area contributed by atoms with Gasteiger partial charge in [0.25, 0.3) is 5.91 Å². The van der Waals surface area contributed by atoms with Crippen LogP contribution in [0.1, 0.15) is 42.6 Å². The Hall–Kier alpha value is -3.24. The van der Waals surface area contributed by atoms with Gasteiger partial charge in [0.1, 0.15) is 12.0 Å². The van der Waals surface area contributed by atoms with Crippen molar-refractivity contribution in [3.8, 4) is 5.75 Å². The third-order valence-corrected chi connectivity index (χ3v) is 7.72. The summed E-state index contributed by atoms with van der Waals surface area (Å²) in [5.74, 6) is 0.208. The maximum Gasteiger partial charge on any atom is 0.263 e. The molecule has 0 spiro atoms. The van der Waals surface area contributed by atoms with Crippen LogP contribution >= 0.6 is 0 Å². The number of carbonyl (C=O) groups excluding carboxylic acids is 1. The number of alkyl halides is 1. The van der Waals surface area contributed by atoms with Gasteiger partial charge in [0.05, 0.1) is 35.1 Å². The molecule has 3 aromatic rings. The van der Waals surface area contributed by atoms with Crippen LogP contribution < -0.4 is 15.4 Å². The second-order valence-electron chi connectivity index (χ2n) is 10.1. The predicted octanol–water partition coefficient (Wildman–Crippen LogP) is 3.56. The summed E-state index contributed by atoms with van der Waals surface area (Å²) in [5, 5.41) is 6.28. The number of nitrogens with one attached hydrogen (secondary N) is 2. The van der Waals surface area contributed by atoms with Crippen LogP contribution in [0, 0.1) is 12.7 Å². The summed E-state index contributed by atoms with van der Waals surface area (Å²) < 4.78 is 42.1. The molecule has 1 atom stereocenters. The Bertz CT molecular complexity index is 1320. The molecule has 7 rings (SSSR count). The summed E-state index contributed by atoms with van der Waals surface area (Å²) in [4.78, 5) is 24.6. The zero-order valence-corrected chi connectivity index (χ0v) is 19.9. The van der Waals surface area contributed by atoms with Gasteiger partial charge >= 0.3 is 0 Å². The average Bonchev–Trinajstić information content (AvgIpc) is 2.90. The van der Waals surface area contributed by atoms with E-state index < -0.39 is 17.6 Å². The molecule has 4 aliphatic rings. The van der Waals surface area contributed by atoms with E-state index in [-0.39, 0.29) is 30.0 Å². The van der Waals surface area contributed by atoms with Crippen molar-refractivity contribution in [2.24, 2.45) is 0 Å². The molecule has 1 amide bonds. The van der Waals surface area contributed by atoms with Gasteiger partial charge < -0.3 is 20.1 Å². The number of carbonyl (C=O) groups is 1. The van der Waals surface area contributed by atoms with Crippen LogP contribution in [-0.2, 0) is 22.5 Å². The molecule has 0 radical (unpaired) electrons. The summed E-state index contributed by atoms with van der Waals surface area (Å²) in [6.45, 7) is 2.67. The van der Waals surface area contributed by atoms with Gasteiger partial charge in [-0.15, -0.1) is 0 Å². The second-order valence-corrected chi connectivity index (χ2v) is 10.1. The normalized spacial score (nSPS) is 25.8. The van der Waals surface area contributed by atoms with Gasteiger partial charge in [0.2, 0.25) is 0 Å². The number of amides is 1. The van der Waals surface area contributed by atoms with Crippen molar-refractivity contribution in [3.63, 3.8) is 0 Å². The predicted molar refractivity (Wildman–Crippen MR) is 128 cm³/mol. The van der Waals surface area contributed by atoms with Gasteiger partial charge in [-0.2, -0.15) is 0 Å². The summed E-state index contributed by atoms with van der Waals surface area (Å²) in [6.07, 6.45) is 2.26. The van der Waals surface area contributed by atoms with Crippen molar-refractivity contribution in [3.05, 3.63) is 53.2 Å². The van der Waals surface area contributed by atoms with Crippen molar-refractivity contribution < 1.29 is 23.0 Å². The number of rotatable bonds is 6. The first-order valence-corrected chi connectivity index (χ1v) is 12.2. The first-order valence-electron chi connectivity index (χ1n) is 12.2. The largest absolute Gasteiger partial charge is 0.480 e. The van der Waals surface area contributed by atoms with Gasteiger partial charge in [-0.05, 0) is 56.9 Å². The van der Waals surface area contributed by atoms with Crippen LogP contribution in [0.5, 0.6) is 5.75 Å². The number of halogens is 2. The number of aromatic nitrogens is 3. The van der Waals surface area contributed by atoms with Crippen molar-refractivity contribution in [1.82, 2.24) is 20.3 Å². The van der Waals surface area contributed by atoms with Gasteiger partial charge in [0.15, 0.2) is 18.2 Å². The maximum atomic E-state index is 15.8. The highest BCUT2D eigenvalue weighted by atomic mass is 19.1. The number of ether oxygens (including phenoxy) is 2. The zero-order chi connectivity index (χ0) is 24.9.